The van der Waals surface area contributed by atoms with Gasteiger partial charge >= 0.3 is 41.4 Å². The number of nitrogens with one attached hydrogen (secondary N) is 3. The van der Waals surface area contributed by atoms with Crippen molar-refractivity contribution < 1.29 is 100 Å². The number of thioether (sulfide) groups is 1. The maximum atomic E-state index is 13.1. The van der Waals surface area contributed by atoms with Gasteiger partial charge in [-0.05, 0) is 57.8 Å². The summed E-state index contributed by atoms with van der Waals surface area (Å²) in [7, 11) is -16.7. The zero-order chi connectivity index (χ0) is 52.5. The van der Waals surface area contributed by atoms with Crippen molar-refractivity contribution in [3.8, 4) is 0 Å². The number of phosphoric acid groups is 3. The number of hydrogen-bond donors (Lipinski definition) is 11. The third-order valence-electron chi connectivity index (χ3n) is 12.0. The van der Waals surface area contributed by atoms with Crippen molar-refractivity contribution in [3.63, 3.8) is 0 Å². The number of aliphatic hydroxyl groups is 3. The Kier molecular flexibility index (Phi) is 29.5. The number of esters is 2. The molecule has 2 aliphatic heterocycles. The summed E-state index contributed by atoms with van der Waals surface area (Å²) in [5.41, 5.74) is 0. The molecule has 11 atom stereocenters. The first-order valence-electron chi connectivity index (χ1n) is 24.7. The molecule has 71 heavy (non-hydrogen) atoms. The topological polar surface area (TPSA) is 373 Å². The van der Waals surface area contributed by atoms with Crippen molar-refractivity contribution in [2.24, 2.45) is 0 Å². The quantitative estimate of drug-likeness (QED) is 0.0134. The van der Waals surface area contributed by atoms with Gasteiger partial charge in [0.1, 0.15) is 43.2 Å². The van der Waals surface area contributed by atoms with E-state index in [1.807, 2.05) is 11.8 Å². The third-order valence-corrected chi connectivity index (χ3v) is 15.6. The van der Waals surface area contributed by atoms with Crippen LogP contribution in [0.1, 0.15) is 148 Å². The van der Waals surface area contributed by atoms with Crippen LogP contribution in [0, 0.1) is 0 Å². The highest BCUT2D eigenvalue weighted by Gasteiger charge is 2.56. The molecule has 3 amide bonds. The Hall–Kier alpha value is -2.02. The molecule has 0 aromatic heterocycles. The van der Waals surface area contributed by atoms with Crippen molar-refractivity contribution in [2.75, 3.05) is 25.5 Å². The zero-order valence-electron chi connectivity index (χ0n) is 40.4. The van der Waals surface area contributed by atoms with Crippen LogP contribution in [0.4, 0.5) is 4.79 Å². The summed E-state index contributed by atoms with van der Waals surface area (Å²) < 4.78 is 65.4. The molecule has 2 heterocycles. The summed E-state index contributed by atoms with van der Waals surface area (Å²) in [5, 5.41) is 40.9. The molecule has 28 heteroatoms. The van der Waals surface area contributed by atoms with Gasteiger partial charge in [0.15, 0.2) is 6.10 Å². The number of carbonyl (C=O) groups excluding carboxylic acids is 4. The first-order valence-corrected chi connectivity index (χ1v) is 30.3. The number of rotatable bonds is 38. The Morgan fingerprint density at radius 3 is 1.86 bits per heavy atom. The summed E-state index contributed by atoms with van der Waals surface area (Å²) in [5.74, 6) is -0.696. The maximum Gasteiger partial charge on any atom is 0.472 e. The number of unbranched alkanes of at least 4 members (excludes halogenated alkanes) is 14. The van der Waals surface area contributed by atoms with E-state index in [0.29, 0.717) is 50.3 Å². The largest absolute Gasteiger partial charge is 0.472 e. The number of ether oxygens (including phenoxy) is 2. The van der Waals surface area contributed by atoms with Crippen LogP contribution < -0.4 is 16.0 Å². The highest BCUT2D eigenvalue weighted by molar-refractivity contribution is 8.00. The SMILES string of the molecule is CCCCCCCC/C=C\CCCCCCCC(=O)OC[C@H](COP(=O)(O)O[C@H]1C(O)C(OP(=O)(O)O)C(OP(=O)(O)O)[C@@H](O)C1O)OC(=O)CCCCCNC(=O)CCCC[C@@H]1SC[C@@H]2NC(=O)N[C@@H]21. The molecule has 2 saturated heterocycles. The fourth-order valence-corrected chi connectivity index (χ4v) is 12.0. The number of urea groups is 1. The summed E-state index contributed by atoms with van der Waals surface area (Å²) in [6, 6.07) is 0.112. The third kappa shape index (κ3) is 26.3. The lowest BCUT2D eigenvalue weighted by Crippen LogP contribution is -2.65. The molecule has 1 saturated carbocycles. The average molecular weight is 1100 g/mol. The number of phosphoric ester groups is 3. The summed E-state index contributed by atoms with van der Waals surface area (Å²) in [6.07, 6.45) is 5.62. The Morgan fingerprint density at radius 1 is 0.676 bits per heavy atom. The van der Waals surface area contributed by atoms with Gasteiger partial charge in [-0.15, -0.1) is 0 Å². The number of carbonyl (C=O) groups is 4. The molecule has 0 spiro atoms. The van der Waals surface area contributed by atoms with E-state index in [-0.39, 0.29) is 36.9 Å². The Labute approximate surface area is 419 Å². The molecular formula is C43H78N3O21P3S. The fraction of sp³-hybridized carbons (Fsp3) is 0.860. The second kappa shape index (κ2) is 33.1. The van der Waals surface area contributed by atoms with Gasteiger partial charge < -0.3 is 65.2 Å². The number of allylic oxidation sites excluding steroid dienone is 2. The first-order chi connectivity index (χ1) is 33.6. The van der Waals surface area contributed by atoms with E-state index in [1.54, 1.807) is 0 Å². The number of aliphatic hydroxyl groups excluding tert-OH is 3. The van der Waals surface area contributed by atoms with Gasteiger partial charge in [0.05, 0.1) is 18.7 Å². The van der Waals surface area contributed by atoms with E-state index in [0.717, 1.165) is 57.1 Å². The van der Waals surface area contributed by atoms with Gasteiger partial charge in [0, 0.05) is 36.8 Å². The van der Waals surface area contributed by atoms with Crippen molar-refractivity contribution in [1.82, 2.24) is 16.0 Å². The maximum absolute atomic E-state index is 13.1. The number of amides is 3. The van der Waals surface area contributed by atoms with E-state index in [1.165, 1.54) is 38.5 Å². The number of fused-ring (bicyclic) bond motifs is 1. The summed E-state index contributed by atoms with van der Waals surface area (Å²) >= 11 is 1.82. The van der Waals surface area contributed by atoms with Crippen LogP contribution in [-0.4, -0.2) is 149 Å². The molecule has 0 bridgehead atoms. The van der Waals surface area contributed by atoms with Crippen LogP contribution >= 0.6 is 35.2 Å². The van der Waals surface area contributed by atoms with Gasteiger partial charge in [-0.2, -0.15) is 11.8 Å². The second-order valence-corrected chi connectivity index (χ2v) is 23.1. The molecule has 0 aromatic rings. The van der Waals surface area contributed by atoms with Gasteiger partial charge in [-0.1, -0.05) is 83.3 Å². The molecule has 0 aromatic carbocycles. The smallest absolute Gasteiger partial charge is 0.462 e. The Morgan fingerprint density at radius 2 is 1.23 bits per heavy atom. The summed E-state index contributed by atoms with van der Waals surface area (Å²) in [4.78, 5) is 97.3. The molecular weight excluding hydrogens is 1020 g/mol. The predicted molar refractivity (Wildman–Crippen MR) is 258 cm³/mol. The van der Waals surface area contributed by atoms with Crippen molar-refractivity contribution in [1.29, 1.82) is 0 Å². The van der Waals surface area contributed by atoms with Crippen LogP contribution in [0.3, 0.4) is 0 Å². The Balaban J connectivity index is 1.45. The molecule has 5 unspecified atom stereocenters. The van der Waals surface area contributed by atoms with Gasteiger partial charge in [-0.3, -0.25) is 32.5 Å². The van der Waals surface area contributed by atoms with E-state index >= 15 is 0 Å². The standard InChI is InChI=1S/C43H78N3O21P3S/c1-2-3-4-5-6-7-8-9-10-11-12-13-14-15-17-24-34(48)62-27-30(28-63-70(60,61)67-40-37(50)38(51)41(65-68(54,55)56)42(39(40)52)66-69(57,58)59)64-35(49)25-18-16-21-26-44-33(47)23-20-19-22-32-36-31(29-71-32)45-43(53)46-36/h9-10,30-32,36-42,50-52H,2-8,11-29H2,1H3,(H,44,47)(H,60,61)(H2,45,46,53)(H2,54,55,56)(H2,57,58,59)/b10-9-/t30-,31+,32+,36+,37?,38+,39?,40-,41?,42?/m1/s1. The Bertz CT molecular complexity index is 1790. The van der Waals surface area contributed by atoms with Crippen molar-refractivity contribution >= 4 is 59.1 Å². The predicted octanol–water partition coefficient (Wildman–Crippen LogP) is 4.44. The van der Waals surface area contributed by atoms with Crippen LogP contribution in [0.25, 0.3) is 0 Å². The molecule has 3 aliphatic rings. The van der Waals surface area contributed by atoms with Gasteiger partial charge in [-0.25, -0.2) is 18.5 Å². The molecule has 11 N–H and O–H groups in total. The van der Waals surface area contributed by atoms with E-state index in [4.69, 9.17) is 18.5 Å². The zero-order valence-corrected chi connectivity index (χ0v) is 43.9. The normalized spacial score (nSPS) is 25.8. The lowest BCUT2D eigenvalue weighted by Gasteiger charge is -2.44. The monoisotopic (exact) mass is 1100 g/mol. The minimum atomic E-state index is -5.63. The van der Waals surface area contributed by atoms with Crippen molar-refractivity contribution in [3.05, 3.63) is 12.2 Å². The second-order valence-electron chi connectivity index (χ2n) is 18.1. The highest BCUT2D eigenvalue weighted by atomic mass is 32.2. The molecule has 1 aliphatic carbocycles. The van der Waals surface area contributed by atoms with Crippen LogP contribution in [0.5, 0.6) is 0 Å². The summed E-state index contributed by atoms with van der Waals surface area (Å²) in [6.45, 7) is 0.958. The minimum absolute atomic E-state index is 0.0292. The molecule has 24 nitrogen and oxygen atoms in total. The fourth-order valence-electron chi connectivity index (χ4n) is 8.33. The van der Waals surface area contributed by atoms with Crippen LogP contribution in [0.15, 0.2) is 12.2 Å². The lowest BCUT2D eigenvalue weighted by molar-refractivity contribution is -0.213. The van der Waals surface area contributed by atoms with Gasteiger partial charge in [0.2, 0.25) is 5.91 Å². The number of hydrogen-bond acceptors (Lipinski definition) is 17. The minimum Gasteiger partial charge on any atom is -0.462 e. The van der Waals surface area contributed by atoms with E-state index < -0.39 is 91.3 Å². The van der Waals surface area contributed by atoms with E-state index in [2.05, 4.69) is 44.1 Å². The molecule has 0 radical (unpaired) electrons. The van der Waals surface area contributed by atoms with Crippen LogP contribution in [0.2, 0.25) is 0 Å². The first kappa shape index (κ1) is 63.3. The van der Waals surface area contributed by atoms with Crippen LogP contribution in [-0.2, 0) is 55.6 Å². The van der Waals surface area contributed by atoms with Gasteiger partial charge in [0.25, 0.3) is 0 Å². The lowest BCUT2D eigenvalue weighted by atomic mass is 9.85. The molecule has 412 valence electrons. The molecule has 3 rings (SSSR count). The average Bonchev–Trinajstić information content (AvgIpc) is 3.85. The van der Waals surface area contributed by atoms with E-state index in [9.17, 15) is 72.7 Å². The highest BCUT2D eigenvalue weighted by Crippen LogP contribution is 2.51. The molecule has 3 fully saturated rings. The van der Waals surface area contributed by atoms with Crippen molar-refractivity contribution in [2.45, 2.75) is 208 Å².